The van der Waals surface area contributed by atoms with E-state index in [9.17, 15) is 9.59 Å². The molecule has 0 bridgehead atoms. The zero-order valence-corrected chi connectivity index (χ0v) is 7.26. The van der Waals surface area contributed by atoms with Crippen LogP contribution in [-0.2, 0) is 4.79 Å². The number of nitrogens with one attached hydrogen (secondary N) is 2. The highest BCUT2D eigenvalue weighted by Gasteiger charge is 2.27. The van der Waals surface area contributed by atoms with Crippen LogP contribution in [-0.4, -0.2) is 43.5 Å². The molecule has 0 saturated carbocycles. The van der Waals surface area contributed by atoms with Crippen molar-refractivity contribution in [3.63, 3.8) is 0 Å². The Bertz CT molecular complexity index is 205. The minimum atomic E-state index is -0.233. The summed E-state index contributed by atoms with van der Waals surface area (Å²) in [7, 11) is 3.28. The monoisotopic (exact) mass is 171 g/mol. The van der Waals surface area contributed by atoms with Crippen molar-refractivity contribution in [1.29, 1.82) is 0 Å². The second-order valence-electron chi connectivity index (χ2n) is 2.90. The van der Waals surface area contributed by atoms with E-state index in [4.69, 9.17) is 0 Å². The van der Waals surface area contributed by atoms with Gasteiger partial charge in [-0.05, 0) is 0 Å². The average molecular weight is 171 g/mol. The van der Waals surface area contributed by atoms with Crippen LogP contribution in [0.2, 0.25) is 0 Å². The van der Waals surface area contributed by atoms with Crippen molar-refractivity contribution in [3.8, 4) is 0 Å². The van der Waals surface area contributed by atoms with Crippen LogP contribution in [0.15, 0.2) is 0 Å². The van der Waals surface area contributed by atoms with Gasteiger partial charge in [-0.3, -0.25) is 4.79 Å². The molecule has 0 aromatic carbocycles. The normalized spacial score (nSPS) is 22.7. The lowest BCUT2D eigenvalue weighted by Gasteiger charge is -2.11. The maximum absolute atomic E-state index is 11.0. The third-order valence-corrected chi connectivity index (χ3v) is 1.90. The van der Waals surface area contributed by atoms with Crippen LogP contribution in [0.25, 0.3) is 0 Å². The number of carbonyl (C=O) groups is 2. The van der Waals surface area contributed by atoms with Gasteiger partial charge in [0.25, 0.3) is 0 Å². The molecule has 0 aromatic rings. The van der Waals surface area contributed by atoms with Crippen molar-refractivity contribution in [3.05, 3.63) is 0 Å². The molecule has 0 spiro atoms. The summed E-state index contributed by atoms with van der Waals surface area (Å²) in [6.45, 7) is 0.603. The molecule has 1 aliphatic heterocycles. The van der Waals surface area contributed by atoms with Crippen LogP contribution in [0.5, 0.6) is 0 Å². The predicted molar refractivity (Wildman–Crippen MR) is 43.6 cm³/mol. The number of urea groups is 1. The van der Waals surface area contributed by atoms with E-state index in [-0.39, 0.29) is 18.0 Å². The Morgan fingerprint density at radius 1 is 1.67 bits per heavy atom. The summed E-state index contributed by atoms with van der Waals surface area (Å²) in [5.41, 5.74) is 0. The van der Waals surface area contributed by atoms with Crippen LogP contribution in [0.3, 0.4) is 0 Å². The van der Waals surface area contributed by atoms with Crippen molar-refractivity contribution >= 4 is 11.9 Å². The summed E-state index contributed by atoms with van der Waals surface area (Å²) in [6, 6.07) is -0.273. The van der Waals surface area contributed by atoms with E-state index in [1.807, 2.05) is 0 Å². The lowest BCUT2D eigenvalue weighted by molar-refractivity contribution is -0.126. The highest BCUT2D eigenvalue weighted by Crippen LogP contribution is 2.07. The molecule has 1 heterocycles. The first kappa shape index (κ1) is 8.83. The van der Waals surface area contributed by atoms with Crippen LogP contribution in [0.1, 0.15) is 6.42 Å². The van der Waals surface area contributed by atoms with E-state index in [0.29, 0.717) is 13.0 Å². The Labute approximate surface area is 71.1 Å². The Balaban J connectivity index is 2.37. The molecule has 12 heavy (non-hydrogen) atoms. The zero-order chi connectivity index (χ0) is 9.14. The molecule has 5 heteroatoms. The summed E-state index contributed by atoms with van der Waals surface area (Å²) in [5, 5.41) is 5.12. The SMILES string of the molecule is CNC(=O)NC1CC(=O)N(C)C1. The Kier molecular flexibility index (Phi) is 2.52. The quantitative estimate of drug-likeness (QED) is 0.539. The molecule has 1 atom stereocenters. The minimum Gasteiger partial charge on any atom is -0.344 e. The van der Waals surface area contributed by atoms with E-state index in [1.54, 1.807) is 19.0 Å². The molecule has 2 N–H and O–H groups in total. The fraction of sp³-hybridized carbons (Fsp3) is 0.714. The molecular formula is C7H13N3O2. The predicted octanol–water partition coefficient (Wildman–Crippen LogP) is -0.854. The van der Waals surface area contributed by atoms with Crippen molar-refractivity contribution in [2.24, 2.45) is 0 Å². The number of likely N-dealkylation sites (tertiary alicyclic amines) is 1. The first-order valence-corrected chi connectivity index (χ1v) is 3.85. The summed E-state index contributed by atoms with van der Waals surface area (Å²) in [5.74, 6) is 0.0800. The molecule has 1 rings (SSSR count). The molecule has 1 aliphatic rings. The van der Waals surface area contributed by atoms with Gasteiger partial charge in [-0.15, -0.1) is 0 Å². The largest absolute Gasteiger partial charge is 0.344 e. The Hall–Kier alpha value is -1.26. The average Bonchev–Trinajstić information content (AvgIpc) is 2.31. The van der Waals surface area contributed by atoms with Gasteiger partial charge < -0.3 is 15.5 Å². The maximum atomic E-state index is 11.0. The maximum Gasteiger partial charge on any atom is 0.314 e. The van der Waals surface area contributed by atoms with Crippen LogP contribution >= 0.6 is 0 Å². The van der Waals surface area contributed by atoms with Gasteiger partial charge in [-0.25, -0.2) is 4.79 Å². The third kappa shape index (κ3) is 1.87. The van der Waals surface area contributed by atoms with Gasteiger partial charge in [0.15, 0.2) is 0 Å². The molecule has 1 saturated heterocycles. The summed E-state index contributed by atoms with van der Waals surface area (Å²) >= 11 is 0. The van der Waals surface area contributed by atoms with Gasteiger partial charge >= 0.3 is 6.03 Å². The standard InChI is InChI=1S/C7H13N3O2/c1-8-7(12)9-5-3-6(11)10(2)4-5/h5H,3-4H2,1-2H3,(H2,8,9,12). The number of hydrogen-bond donors (Lipinski definition) is 2. The molecule has 0 radical (unpaired) electrons. The van der Waals surface area contributed by atoms with Gasteiger partial charge in [-0.2, -0.15) is 0 Å². The number of carbonyl (C=O) groups excluding carboxylic acids is 2. The summed E-state index contributed by atoms with van der Waals surface area (Å²) in [6.07, 6.45) is 0.407. The third-order valence-electron chi connectivity index (χ3n) is 1.90. The van der Waals surface area contributed by atoms with Crippen molar-refractivity contribution in [2.45, 2.75) is 12.5 Å². The zero-order valence-electron chi connectivity index (χ0n) is 7.26. The topological polar surface area (TPSA) is 61.4 Å². The highest BCUT2D eigenvalue weighted by atomic mass is 16.2. The van der Waals surface area contributed by atoms with Gasteiger partial charge in [0.2, 0.25) is 5.91 Å². The lowest BCUT2D eigenvalue weighted by atomic mass is 10.3. The molecule has 3 amide bonds. The van der Waals surface area contributed by atoms with E-state index >= 15 is 0 Å². The van der Waals surface area contributed by atoms with E-state index in [2.05, 4.69) is 10.6 Å². The van der Waals surface area contributed by atoms with E-state index in [1.165, 1.54) is 0 Å². The first-order valence-electron chi connectivity index (χ1n) is 3.85. The smallest absolute Gasteiger partial charge is 0.314 e. The number of nitrogens with zero attached hydrogens (tertiary/aromatic N) is 1. The van der Waals surface area contributed by atoms with Gasteiger partial charge in [-0.1, -0.05) is 0 Å². The number of rotatable bonds is 1. The number of hydrogen-bond acceptors (Lipinski definition) is 2. The van der Waals surface area contributed by atoms with Crippen molar-refractivity contribution < 1.29 is 9.59 Å². The number of likely N-dealkylation sites (N-methyl/N-ethyl adjacent to an activating group) is 1. The fourth-order valence-corrected chi connectivity index (χ4v) is 1.22. The lowest BCUT2D eigenvalue weighted by Crippen LogP contribution is -2.41. The second kappa shape index (κ2) is 3.42. The van der Waals surface area contributed by atoms with Gasteiger partial charge in [0.1, 0.15) is 0 Å². The molecule has 1 fully saturated rings. The molecule has 1 unspecified atom stereocenters. The summed E-state index contributed by atoms with van der Waals surface area (Å²) < 4.78 is 0. The van der Waals surface area contributed by atoms with E-state index in [0.717, 1.165) is 0 Å². The Morgan fingerprint density at radius 3 is 2.75 bits per heavy atom. The molecule has 0 aliphatic carbocycles. The van der Waals surface area contributed by atoms with Crippen molar-refractivity contribution in [2.75, 3.05) is 20.6 Å². The number of amides is 3. The van der Waals surface area contributed by atoms with Crippen molar-refractivity contribution in [1.82, 2.24) is 15.5 Å². The molecule has 5 nitrogen and oxygen atoms in total. The van der Waals surface area contributed by atoms with Crippen LogP contribution in [0.4, 0.5) is 4.79 Å². The van der Waals surface area contributed by atoms with Crippen LogP contribution in [0, 0.1) is 0 Å². The fourth-order valence-electron chi connectivity index (χ4n) is 1.22. The second-order valence-corrected chi connectivity index (χ2v) is 2.90. The molecular weight excluding hydrogens is 158 g/mol. The molecule has 68 valence electrons. The highest BCUT2D eigenvalue weighted by molar-refractivity contribution is 5.81. The van der Waals surface area contributed by atoms with E-state index < -0.39 is 0 Å². The molecule has 0 aromatic heterocycles. The minimum absolute atomic E-state index is 0.0394. The first-order chi connectivity index (χ1) is 5.63. The van der Waals surface area contributed by atoms with Gasteiger partial charge in [0, 0.05) is 27.1 Å². The Morgan fingerprint density at radius 2 is 2.33 bits per heavy atom. The summed E-state index contributed by atoms with van der Waals surface area (Å²) in [4.78, 5) is 23.4. The van der Waals surface area contributed by atoms with Crippen LogP contribution < -0.4 is 10.6 Å². The van der Waals surface area contributed by atoms with Gasteiger partial charge in [0.05, 0.1) is 6.04 Å².